The second-order valence-electron chi connectivity index (χ2n) is 2.79. The van der Waals surface area contributed by atoms with Crippen LogP contribution in [0.2, 0.25) is 0 Å². The molecule has 0 saturated carbocycles. The molecule has 0 spiro atoms. The maximum absolute atomic E-state index is 11.6. The number of nitrogens with zero attached hydrogens (tertiary/aromatic N) is 1. The Hall–Kier alpha value is -0.910. The highest BCUT2D eigenvalue weighted by Crippen LogP contribution is 2.46. The van der Waals surface area contributed by atoms with E-state index in [4.69, 9.17) is 0 Å². The van der Waals surface area contributed by atoms with Crippen LogP contribution in [-0.4, -0.2) is 50.4 Å². The average Bonchev–Trinajstić information content (AvgIpc) is 2.64. The van der Waals surface area contributed by atoms with E-state index < -0.39 is 25.8 Å². The fraction of sp³-hybridized carbons (Fsp3) is 0.714. The zero-order valence-corrected chi connectivity index (χ0v) is 9.36. The number of amides is 2. The van der Waals surface area contributed by atoms with Crippen LogP contribution in [0.1, 0.15) is 0 Å². The predicted octanol–water partition coefficient (Wildman–Crippen LogP) is 0.451. The van der Waals surface area contributed by atoms with E-state index >= 15 is 0 Å². The number of hydrogen-bond acceptors (Lipinski definition) is 6. The number of ether oxygens (including phenoxy) is 1. The van der Waals surface area contributed by atoms with Crippen molar-refractivity contribution >= 4 is 19.6 Å². The molecule has 1 heterocycles. The zero-order chi connectivity index (χ0) is 11.5. The molecule has 15 heavy (non-hydrogen) atoms. The number of rotatable bonds is 4. The molecule has 0 aromatic heterocycles. The fourth-order valence-corrected chi connectivity index (χ4v) is 1.98. The lowest BCUT2D eigenvalue weighted by atomic mass is 10.5. The van der Waals surface area contributed by atoms with Gasteiger partial charge >= 0.3 is 13.7 Å². The first-order valence-corrected chi connectivity index (χ1v) is 5.93. The first-order valence-electron chi connectivity index (χ1n) is 4.20. The third-order valence-electron chi connectivity index (χ3n) is 1.95. The molecule has 0 unspecified atom stereocenters. The summed E-state index contributed by atoms with van der Waals surface area (Å²) in [5, 5.41) is 0. The monoisotopic (exact) mass is 237 g/mol. The molecule has 1 aliphatic rings. The summed E-state index contributed by atoms with van der Waals surface area (Å²) in [5.41, 5.74) is 0. The molecule has 0 bridgehead atoms. The van der Waals surface area contributed by atoms with Gasteiger partial charge in [-0.3, -0.25) is 9.36 Å². The van der Waals surface area contributed by atoms with Crippen molar-refractivity contribution in [2.45, 2.75) is 0 Å². The van der Waals surface area contributed by atoms with Gasteiger partial charge in [-0.25, -0.2) is 9.69 Å². The average molecular weight is 237 g/mol. The Kier molecular flexibility index (Phi) is 3.84. The Balaban J connectivity index is 2.62. The van der Waals surface area contributed by atoms with Crippen molar-refractivity contribution in [1.82, 2.24) is 4.90 Å². The Morgan fingerprint density at radius 3 is 2.53 bits per heavy atom. The molecule has 0 aliphatic carbocycles. The van der Waals surface area contributed by atoms with E-state index in [-0.39, 0.29) is 13.2 Å². The van der Waals surface area contributed by atoms with Gasteiger partial charge in [-0.05, 0) is 0 Å². The van der Waals surface area contributed by atoms with Crippen LogP contribution in [0.3, 0.4) is 0 Å². The van der Waals surface area contributed by atoms with Gasteiger partial charge in [0.25, 0.3) is 0 Å². The van der Waals surface area contributed by atoms with Gasteiger partial charge in [-0.15, -0.1) is 0 Å². The molecular weight excluding hydrogens is 225 g/mol. The summed E-state index contributed by atoms with van der Waals surface area (Å²) in [4.78, 5) is 23.4. The molecule has 86 valence electrons. The van der Waals surface area contributed by atoms with E-state index in [0.29, 0.717) is 0 Å². The van der Waals surface area contributed by atoms with Crippen LogP contribution in [-0.2, 0) is 23.1 Å². The molecule has 0 N–H and O–H groups in total. The van der Waals surface area contributed by atoms with E-state index in [0.717, 1.165) is 4.90 Å². The summed E-state index contributed by atoms with van der Waals surface area (Å²) < 4.78 is 25.3. The lowest BCUT2D eigenvalue weighted by Gasteiger charge is -2.15. The van der Waals surface area contributed by atoms with Crippen molar-refractivity contribution in [2.75, 3.05) is 33.5 Å². The quantitative estimate of drug-likeness (QED) is 0.660. The molecular formula is C7H12NO6P. The Morgan fingerprint density at radius 1 is 1.53 bits per heavy atom. The molecule has 1 saturated heterocycles. The molecule has 2 amide bonds. The van der Waals surface area contributed by atoms with Crippen LogP contribution in [0.4, 0.5) is 4.79 Å². The highest BCUT2D eigenvalue weighted by molar-refractivity contribution is 7.54. The van der Waals surface area contributed by atoms with Gasteiger partial charge in [-0.1, -0.05) is 0 Å². The Labute approximate surface area is 86.8 Å². The van der Waals surface area contributed by atoms with Crippen LogP contribution in [0.5, 0.6) is 0 Å². The van der Waals surface area contributed by atoms with Crippen molar-refractivity contribution in [2.24, 2.45) is 0 Å². The molecule has 1 fully saturated rings. The van der Waals surface area contributed by atoms with E-state index in [1.54, 1.807) is 0 Å². The standard InChI is InChI=1S/C7H12NO6P/c1-12-15(11,13-2)5-6(9)8-3-4-14-7(8)10/h3-5H2,1-2H3. The molecule has 1 rings (SSSR count). The minimum Gasteiger partial charge on any atom is -0.447 e. The van der Waals surface area contributed by atoms with Crippen LogP contribution in [0.15, 0.2) is 0 Å². The third-order valence-corrected chi connectivity index (χ3v) is 3.72. The number of carbonyl (C=O) groups is 2. The number of carbonyl (C=O) groups excluding carboxylic acids is 2. The van der Waals surface area contributed by atoms with E-state index in [1.165, 1.54) is 14.2 Å². The van der Waals surface area contributed by atoms with Gasteiger partial charge in [0.15, 0.2) is 0 Å². The molecule has 8 heteroatoms. The second kappa shape index (κ2) is 4.74. The minimum atomic E-state index is -3.42. The van der Waals surface area contributed by atoms with Gasteiger partial charge in [-0.2, -0.15) is 0 Å². The van der Waals surface area contributed by atoms with Crippen LogP contribution in [0.25, 0.3) is 0 Å². The Bertz CT molecular complexity index is 309. The predicted molar refractivity (Wildman–Crippen MR) is 49.6 cm³/mol. The van der Waals surface area contributed by atoms with Crippen LogP contribution in [0, 0.1) is 0 Å². The van der Waals surface area contributed by atoms with E-state index in [1.807, 2.05) is 0 Å². The molecule has 0 atom stereocenters. The van der Waals surface area contributed by atoms with Crippen molar-refractivity contribution in [3.8, 4) is 0 Å². The summed E-state index contributed by atoms with van der Waals surface area (Å²) in [5.74, 6) is -0.621. The first kappa shape index (κ1) is 12.2. The smallest absolute Gasteiger partial charge is 0.416 e. The lowest BCUT2D eigenvalue weighted by Crippen LogP contribution is -2.34. The highest BCUT2D eigenvalue weighted by atomic mass is 31.2. The number of cyclic esters (lactones) is 1. The second-order valence-corrected chi connectivity index (χ2v) is 5.06. The van der Waals surface area contributed by atoms with Crippen molar-refractivity contribution in [1.29, 1.82) is 0 Å². The Morgan fingerprint density at radius 2 is 2.13 bits per heavy atom. The van der Waals surface area contributed by atoms with Crippen molar-refractivity contribution in [3.05, 3.63) is 0 Å². The largest absolute Gasteiger partial charge is 0.447 e. The van der Waals surface area contributed by atoms with Gasteiger partial charge in [0.1, 0.15) is 12.8 Å². The topological polar surface area (TPSA) is 82.1 Å². The summed E-state index contributed by atoms with van der Waals surface area (Å²) in [6, 6.07) is 0. The summed E-state index contributed by atoms with van der Waals surface area (Å²) in [6.07, 6.45) is -1.19. The van der Waals surface area contributed by atoms with Gasteiger partial charge in [0.05, 0.1) is 6.54 Å². The molecule has 0 aromatic carbocycles. The summed E-state index contributed by atoms with van der Waals surface area (Å²) in [6.45, 7) is 0.333. The fourth-order valence-electron chi connectivity index (χ4n) is 1.07. The van der Waals surface area contributed by atoms with E-state index in [2.05, 4.69) is 13.8 Å². The van der Waals surface area contributed by atoms with Crippen molar-refractivity contribution < 1.29 is 27.9 Å². The minimum absolute atomic E-state index is 0.162. The SMILES string of the molecule is COP(=O)(CC(=O)N1CCOC1=O)OC. The lowest BCUT2D eigenvalue weighted by molar-refractivity contribution is -0.125. The normalized spacial score (nSPS) is 16.7. The van der Waals surface area contributed by atoms with Gasteiger partial charge in [0.2, 0.25) is 5.91 Å². The van der Waals surface area contributed by atoms with Gasteiger partial charge in [0, 0.05) is 14.2 Å². The van der Waals surface area contributed by atoms with Crippen molar-refractivity contribution in [3.63, 3.8) is 0 Å². The molecule has 7 nitrogen and oxygen atoms in total. The van der Waals surface area contributed by atoms with Crippen LogP contribution >= 0.6 is 7.60 Å². The van der Waals surface area contributed by atoms with E-state index in [9.17, 15) is 14.2 Å². The number of imide groups is 1. The summed E-state index contributed by atoms with van der Waals surface area (Å²) >= 11 is 0. The number of hydrogen-bond donors (Lipinski definition) is 0. The van der Waals surface area contributed by atoms with Crippen LogP contribution < -0.4 is 0 Å². The maximum atomic E-state index is 11.6. The third kappa shape index (κ3) is 2.77. The van der Waals surface area contributed by atoms with Gasteiger partial charge < -0.3 is 13.8 Å². The maximum Gasteiger partial charge on any atom is 0.416 e. The highest BCUT2D eigenvalue weighted by Gasteiger charge is 2.34. The first-order chi connectivity index (χ1) is 7.02. The molecule has 1 aliphatic heterocycles. The summed E-state index contributed by atoms with van der Waals surface area (Å²) in [7, 11) is -1.05. The molecule has 0 radical (unpaired) electrons. The zero-order valence-electron chi connectivity index (χ0n) is 8.47. The molecule has 0 aromatic rings.